The molecule has 3 rings (SSSR count). The number of morpholine rings is 1. The number of carbonyl (C=O) groups is 2. The number of carbonyl (C=O) groups excluding carboxylic acids is 2. The number of nitrogens with one attached hydrogen (secondary N) is 2. The van der Waals surface area contributed by atoms with Crippen molar-refractivity contribution in [3.63, 3.8) is 0 Å². The summed E-state index contributed by atoms with van der Waals surface area (Å²) in [6.07, 6.45) is -0.0171. The van der Waals surface area contributed by atoms with Gasteiger partial charge in [-0.1, -0.05) is 24.3 Å². The molecule has 2 amide bonds. The van der Waals surface area contributed by atoms with Gasteiger partial charge in [0.1, 0.15) is 5.60 Å². The molecule has 0 bridgehead atoms. The number of benzene rings is 2. The second-order valence-corrected chi connectivity index (χ2v) is 9.65. The number of amides is 2. The maximum atomic E-state index is 12.5. The third-order valence-electron chi connectivity index (χ3n) is 5.17. The van der Waals surface area contributed by atoms with Gasteiger partial charge in [0.2, 0.25) is 0 Å². The van der Waals surface area contributed by atoms with Crippen molar-refractivity contribution in [2.75, 3.05) is 18.4 Å². The Morgan fingerprint density at radius 1 is 0.970 bits per heavy atom. The molecule has 2 aromatic carbocycles. The standard InChI is InChI=1S/C26H35N3O4/c1-18-15-29(16-19(2)32-18)17-21-8-6-20(7-9-21)14-27-24(30)22-10-12-23(13-11-22)28-25(31)33-26(3,4)5/h6-13,18-19H,14-17H2,1-5H3,(H,27,30)(H,28,31). The number of hydrogen-bond acceptors (Lipinski definition) is 5. The Labute approximate surface area is 196 Å². The molecular formula is C26H35N3O4. The first kappa shape index (κ1) is 24.7. The van der Waals surface area contributed by atoms with Crippen LogP contribution in [0, 0.1) is 0 Å². The molecule has 2 atom stereocenters. The van der Waals surface area contributed by atoms with Gasteiger partial charge in [0.05, 0.1) is 12.2 Å². The lowest BCUT2D eigenvalue weighted by Gasteiger charge is -2.35. The molecule has 0 saturated carbocycles. The Morgan fingerprint density at radius 2 is 1.55 bits per heavy atom. The zero-order valence-electron chi connectivity index (χ0n) is 20.2. The van der Waals surface area contributed by atoms with Gasteiger partial charge in [0, 0.05) is 37.4 Å². The topological polar surface area (TPSA) is 79.9 Å². The molecule has 1 saturated heterocycles. The highest BCUT2D eigenvalue weighted by molar-refractivity contribution is 5.95. The molecule has 0 aromatic heterocycles. The van der Waals surface area contributed by atoms with Crippen LogP contribution in [0.25, 0.3) is 0 Å². The van der Waals surface area contributed by atoms with Gasteiger partial charge in [-0.25, -0.2) is 4.79 Å². The summed E-state index contributed by atoms with van der Waals surface area (Å²) in [6.45, 7) is 12.9. The zero-order chi connectivity index (χ0) is 24.0. The van der Waals surface area contributed by atoms with E-state index in [1.807, 2.05) is 0 Å². The second-order valence-electron chi connectivity index (χ2n) is 9.65. The van der Waals surface area contributed by atoms with Crippen molar-refractivity contribution in [1.29, 1.82) is 0 Å². The van der Waals surface area contributed by atoms with Gasteiger partial charge in [-0.05, 0) is 70.0 Å². The largest absolute Gasteiger partial charge is 0.444 e. The average Bonchev–Trinajstić information content (AvgIpc) is 2.71. The van der Waals surface area contributed by atoms with Crippen LogP contribution in [0.3, 0.4) is 0 Å². The highest BCUT2D eigenvalue weighted by atomic mass is 16.6. The van der Waals surface area contributed by atoms with Crippen molar-refractivity contribution >= 4 is 17.7 Å². The van der Waals surface area contributed by atoms with Gasteiger partial charge in [-0.2, -0.15) is 0 Å². The van der Waals surface area contributed by atoms with Crippen LogP contribution < -0.4 is 10.6 Å². The molecule has 1 aliphatic rings. The van der Waals surface area contributed by atoms with Gasteiger partial charge < -0.3 is 14.8 Å². The number of anilines is 1. The highest BCUT2D eigenvalue weighted by Crippen LogP contribution is 2.16. The lowest BCUT2D eigenvalue weighted by Crippen LogP contribution is -2.44. The molecule has 0 radical (unpaired) electrons. The summed E-state index contributed by atoms with van der Waals surface area (Å²) in [5.74, 6) is -0.167. The molecule has 7 heteroatoms. The predicted molar refractivity (Wildman–Crippen MR) is 129 cm³/mol. The summed E-state index contributed by atoms with van der Waals surface area (Å²) in [5.41, 5.74) is 2.82. The Balaban J connectivity index is 1.47. The van der Waals surface area contributed by atoms with Crippen molar-refractivity contribution < 1.29 is 19.1 Å². The lowest BCUT2D eigenvalue weighted by molar-refractivity contribution is -0.0704. The summed E-state index contributed by atoms with van der Waals surface area (Å²) in [7, 11) is 0. The molecule has 33 heavy (non-hydrogen) atoms. The maximum Gasteiger partial charge on any atom is 0.412 e. The minimum absolute atomic E-state index is 0.167. The summed E-state index contributed by atoms with van der Waals surface area (Å²) in [5, 5.41) is 5.60. The molecule has 1 aliphatic heterocycles. The molecule has 0 aliphatic carbocycles. The molecule has 2 unspecified atom stereocenters. The average molecular weight is 454 g/mol. The Bertz CT molecular complexity index is 926. The SMILES string of the molecule is CC1CN(Cc2ccc(CNC(=O)c3ccc(NC(=O)OC(C)(C)C)cc3)cc2)CC(C)O1. The summed E-state index contributed by atoms with van der Waals surface area (Å²) < 4.78 is 11.0. The van der Waals surface area contributed by atoms with E-state index >= 15 is 0 Å². The minimum Gasteiger partial charge on any atom is -0.444 e. The molecule has 1 heterocycles. The maximum absolute atomic E-state index is 12.5. The van der Waals surface area contributed by atoms with Gasteiger partial charge in [0.25, 0.3) is 5.91 Å². The van der Waals surface area contributed by atoms with E-state index in [1.54, 1.807) is 45.0 Å². The molecule has 7 nitrogen and oxygen atoms in total. The molecule has 178 valence electrons. The van der Waals surface area contributed by atoms with Crippen LogP contribution in [0.15, 0.2) is 48.5 Å². The number of rotatable bonds is 6. The lowest BCUT2D eigenvalue weighted by atomic mass is 10.1. The first-order chi connectivity index (χ1) is 15.6. The van der Waals surface area contributed by atoms with Crippen molar-refractivity contribution in [3.8, 4) is 0 Å². The van der Waals surface area contributed by atoms with Crippen molar-refractivity contribution in [3.05, 3.63) is 65.2 Å². The fraction of sp³-hybridized carbons (Fsp3) is 0.462. The third kappa shape index (κ3) is 8.18. The normalized spacial score (nSPS) is 19.1. The van der Waals surface area contributed by atoms with Gasteiger partial charge in [0.15, 0.2) is 0 Å². The quantitative estimate of drug-likeness (QED) is 0.670. The van der Waals surface area contributed by atoms with E-state index in [0.717, 1.165) is 25.2 Å². The molecule has 2 aromatic rings. The van der Waals surface area contributed by atoms with Crippen LogP contribution in [0.2, 0.25) is 0 Å². The first-order valence-electron chi connectivity index (χ1n) is 11.4. The van der Waals surface area contributed by atoms with E-state index in [0.29, 0.717) is 17.8 Å². The van der Waals surface area contributed by atoms with Crippen LogP contribution in [-0.4, -0.2) is 47.8 Å². The number of hydrogen-bond donors (Lipinski definition) is 2. The van der Waals surface area contributed by atoms with E-state index in [2.05, 4.69) is 53.6 Å². The number of ether oxygens (including phenoxy) is 2. The van der Waals surface area contributed by atoms with Crippen LogP contribution >= 0.6 is 0 Å². The van der Waals surface area contributed by atoms with Gasteiger partial charge in [-0.3, -0.25) is 15.0 Å². The highest BCUT2D eigenvalue weighted by Gasteiger charge is 2.22. The predicted octanol–water partition coefficient (Wildman–Crippen LogP) is 4.57. The van der Waals surface area contributed by atoms with Crippen LogP contribution in [-0.2, 0) is 22.6 Å². The van der Waals surface area contributed by atoms with Gasteiger partial charge in [-0.15, -0.1) is 0 Å². The van der Waals surface area contributed by atoms with E-state index in [-0.39, 0.29) is 18.1 Å². The van der Waals surface area contributed by atoms with E-state index in [4.69, 9.17) is 9.47 Å². The monoisotopic (exact) mass is 453 g/mol. The fourth-order valence-electron chi connectivity index (χ4n) is 3.85. The smallest absolute Gasteiger partial charge is 0.412 e. The van der Waals surface area contributed by atoms with Gasteiger partial charge >= 0.3 is 6.09 Å². The minimum atomic E-state index is -0.568. The van der Waals surface area contributed by atoms with Crippen molar-refractivity contribution in [1.82, 2.24) is 10.2 Å². The number of nitrogens with zero attached hydrogens (tertiary/aromatic N) is 1. The molecule has 2 N–H and O–H groups in total. The molecular weight excluding hydrogens is 418 g/mol. The van der Waals surface area contributed by atoms with Crippen molar-refractivity contribution in [2.45, 2.75) is 65.5 Å². The van der Waals surface area contributed by atoms with E-state index in [1.165, 1.54) is 5.56 Å². The zero-order valence-corrected chi connectivity index (χ0v) is 20.2. The Hall–Kier alpha value is -2.90. The van der Waals surface area contributed by atoms with E-state index in [9.17, 15) is 9.59 Å². The Kier molecular flexibility index (Phi) is 8.10. The Morgan fingerprint density at radius 3 is 2.12 bits per heavy atom. The fourth-order valence-corrected chi connectivity index (χ4v) is 3.85. The van der Waals surface area contributed by atoms with Crippen LogP contribution in [0.5, 0.6) is 0 Å². The third-order valence-corrected chi connectivity index (χ3v) is 5.17. The summed E-state index contributed by atoms with van der Waals surface area (Å²) >= 11 is 0. The van der Waals surface area contributed by atoms with Crippen molar-refractivity contribution in [2.24, 2.45) is 0 Å². The van der Waals surface area contributed by atoms with Crippen LogP contribution in [0.1, 0.15) is 56.1 Å². The van der Waals surface area contributed by atoms with Crippen LogP contribution in [0.4, 0.5) is 10.5 Å². The summed E-state index contributed by atoms with van der Waals surface area (Å²) in [4.78, 5) is 26.8. The first-order valence-corrected chi connectivity index (χ1v) is 11.4. The summed E-state index contributed by atoms with van der Waals surface area (Å²) in [6, 6.07) is 15.0. The second kappa shape index (κ2) is 10.8. The molecule has 0 spiro atoms. The van der Waals surface area contributed by atoms with E-state index < -0.39 is 11.7 Å². The molecule has 1 fully saturated rings.